The molecule has 0 aliphatic carbocycles. The maximum absolute atomic E-state index is 12.7. The lowest BCUT2D eigenvalue weighted by Crippen LogP contribution is -2.37. The van der Waals surface area contributed by atoms with E-state index in [0.29, 0.717) is 12.5 Å². The summed E-state index contributed by atoms with van der Waals surface area (Å²) in [6.45, 7) is 4.17. The third-order valence-electron chi connectivity index (χ3n) is 5.53. The van der Waals surface area contributed by atoms with Crippen LogP contribution in [-0.4, -0.2) is 37.2 Å². The predicted octanol–water partition coefficient (Wildman–Crippen LogP) is 2.69. The van der Waals surface area contributed by atoms with Gasteiger partial charge in [-0.25, -0.2) is 23.7 Å². The highest BCUT2D eigenvalue weighted by Crippen LogP contribution is 2.29. The van der Waals surface area contributed by atoms with Gasteiger partial charge in [0.05, 0.1) is 11.8 Å². The Morgan fingerprint density at radius 1 is 1.18 bits per heavy atom. The van der Waals surface area contributed by atoms with Gasteiger partial charge >= 0.3 is 0 Å². The van der Waals surface area contributed by atoms with E-state index >= 15 is 0 Å². The third kappa shape index (κ3) is 3.36. The van der Waals surface area contributed by atoms with Gasteiger partial charge in [-0.2, -0.15) is 0 Å². The zero-order valence-corrected chi connectivity index (χ0v) is 15.8. The number of hydrogen-bond donors (Lipinski definition) is 0. The number of aromatic nitrogens is 5. The van der Waals surface area contributed by atoms with E-state index in [0.717, 1.165) is 54.5 Å². The maximum Gasteiger partial charge on any atom is 0.280 e. The van der Waals surface area contributed by atoms with E-state index in [2.05, 4.69) is 30.5 Å². The molecule has 1 aliphatic heterocycles. The number of aryl methyl sites for hydroxylation is 2. The van der Waals surface area contributed by atoms with Crippen LogP contribution in [0.5, 0.6) is 0 Å². The molecule has 1 saturated heterocycles. The fourth-order valence-electron chi connectivity index (χ4n) is 3.81. The Balaban J connectivity index is 1.47. The number of anilines is 1. The second kappa shape index (κ2) is 7.29. The van der Waals surface area contributed by atoms with Gasteiger partial charge in [0.25, 0.3) is 12.0 Å². The standard InChI is InChI=1S/C19H22F2N6O/c1-12-7-14-17(25(12)2)19(23-10-22-14)26-5-3-13(4-6-26)9-27-11-24-15(18(20)21)8-16(27)28/h7-8,10-11,13,18H,3-6,9H2,1-2H3. The largest absolute Gasteiger partial charge is 0.355 e. The SMILES string of the molecule is Cc1cc2ncnc(N3CCC(Cn4cnc(C(F)F)cc4=O)CC3)c2n1C. The molecule has 0 saturated carbocycles. The molecular formula is C19H22F2N6O. The van der Waals surface area contributed by atoms with Gasteiger partial charge in [-0.15, -0.1) is 0 Å². The number of alkyl halides is 2. The van der Waals surface area contributed by atoms with Gasteiger partial charge in [0.15, 0.2) is 5.82 Å². The van der Waals surface area contributed by atoms with Crippen molar-refractivity contribution in [2.24, 2.45) is 13.0 Å². The van der Waals surface area contributed by atoms with Crippen LogP contribution in [0.4, 0.5) is 14.6 Å². The van der Waals surface area contributed by atoms with Gasteiger partial charge in [0.2, 0.25) is 0 Å². The molecular weight excluding hydrogens is 366 g/mol. The molecule has 3 aromatic heterocycles. The van der Waals surface area contributed by atoms with Crippen molar-refractivity contribution in [1.29, 1.82) is 0 Å². The Bertz CT molecular complexity index is 1050. The molecule has 0 N–H and O–H groups in total. The molecule has 0 radical (unpaired) electrons. The van der Waals surface area contributed by atoms with Crippen LogP contribution in [0.3, 0.4) is 0 Å². The first-order valence-electron chi connectivity index (χ1n) is 9.30. The lowest BCUT2D eigenvalue weighted by atomic mass is 9.96. The quantitative estimate of drug-likeness (QED) is 0.687. The van der Waals surface area contributed by atoms with Crippen LogP contribution in [0.2, 0.25) is 0 Å². The van der Waals surface area contributed by atoms with E-state index in [-0.39, 0.29) is 0 Å². The first kappa shape index (κ1) is 18.5. The van der Waals surface area contributed by atoms with Gasteiger partial charge in [-0.05, 0) is 31.7 Å². The molecule has 0 amide bonds. The second-order valence-electron chi connectivity index (χ2n) is 7.31. The van der Waals surface area contributed by atoms with Crippen LogP contribution in [0.25, 0.3) is 11.0 Å². The Hall–Kier alpha value is -2.84. The van der Waals surface area contributed by atoms with Crippen molar-refractivity contribution < 1.29 is 8.78 Å². The van der Waals surface area contributed by atoms with Crippen molar-refractivity contribution in [3.8, 4) is 0 Å². The first-order valence-corrected chi connectivity index (χ1v) is 9.30. The van der Waals surface area contributed by atoms with Gasteiger partial charge < -0.3 is 9.47 Å². The van der Waals surface area contributed by atoms with Crippen LogP contribution in [0, 0.1) is 12.8 Å². The Labute approximate surface area is 160 Å². The van der Waals surface area contributed by atoms with Crippen molar-refractivity contribution in [3.05, 3.63) is 46.5 Å². The topological polar surface area (TPSA) is 68.8 Å². The summed E-state index contributed by atoms with van der Waals surface area (Å²) in [6.07, 6.45) is 1.88. The summed E-state index contributed by atoms with van der Waals surface area (Å²) >= 11 is 0. The van der Waals surface area contributed by atoms with Gasteiger partial charge in [0, 0.05) is 38.4 Å². The minimum Gasteiger partial charge on any atom is -0.355 e. The summed E-state index contributed by atoms with van der Waals surface area (Å²) in [7, 11) is 2.01. The third-order valence-corrected chi connectivity index (χ3v) is 5.53. The summed E-state index contributed by atoms with van der Waals surface area (Å²) in [5.74, 6) is 1.22. The molecule has 3 aromatic rings. The van der Waals surface area contributed by atoms with E-state index in [4.69, 9.17) is 0 Å². The smallest absolute Gasteiger partial charge is 0.280 e. The molecule has 148 valence electrons. The van der Waals surface area contributed by atoms with Crippen LogP contribution >= 0.6 is 0 Å². The fourth-order valence-corrected chi connectivity index (χ4v) is 3.81. The second-order valence-corrected chi connectivity index (χ2v) is 7.31. The molecule has 9 heteroatoms. The summed E-state index contributed by atoms with van der Waals surface area (Å²) in [5, 5.41) is 0. The van der Waals surface area contributed by atoms with Gasteiger partial charge in [-0.3, -0.25) is 9.36 Å². The number of nitrogens with zero attached hydrogens (tertiary/aromatic N) is 6. The number of fused-ring (bicyclic) bond motifs is 1. The fraction of sp³-hybridized carbons (Fsp3) is 0.474. The maximum atomic E-state index is 12.7. The minimum absolute atomic E-state index is 0.292. The molecule has 1 aliphatic rings. The number of piperidine rings is 1. The van der Waals surface area contributed by atoms with E-state index in [1.54, 1.807) is 6.33 Å². The molecule has 28 heavy (non-hydrogen) atoms. The normalized spacial score (nSPS) is 15.7. The molecule has 0 bridgehead atoms. The summed E-state index contributed by atoms with van der Waals surface area (Å²) in [4.78, 5) is 26.9. The summed E-state index contributed by atoms with van der Waals surface area (Å²) in [6, 6.07) is 2.98. The minimum atomic E-state index is -2.73. The lowest BCUT2D eigenvalue weighted by Gasteiger charge is -2.33. The molecule has 1 fully saturated rings. The predicted molar refractivity (Wildman–Crippen MR) is 102 cm³/mol. The van der Waals surface area contributed by atoms with Crippen molar-refractivity contribution in [1.82, 2.24) is 24.1 Å². The summed E-state index contributed by atoms with van der Waals surface area (Å²) < 4.78 is 28.8. The number of rotatable bonds is 4. The molecule has 7 nitrogen and oxygen atoms in total. The van der Waals surface area contributed by atoms with E-state index in [1.807, 2.05) is 14.0 Å². The average molecular weight is 388 g/mol. The van der Waals surface area contributed by atoms with Crippen molar-refractivity contribution in [3.63, 3.8) is 0 Å². The molecule has 0 unspecified atom stereocenters. The Morgan fingerprint density at radius 3 is 2.61 bits per heavy atom. The van der Waals surface area contributed by atoms with Crippen LogP contribution in [0.15, 0.2) is 29.6 Å². The monoisotopic (exact) mass is 388 g/mol. The average Bonchev–Trinajstić information content (AvgIpc) is 2.98. The first-order chi connectivity index (χ1) is 13.4. The van der Waals surface area contributed by atoms with Crippen molar-refractivity contribution >= 4 is 16.9 Å². The van der Waals surface area contributed by atoms with E-state index in [1.165, 1.54) is 10.9 Å². The molecule has 4 heterocycles. The number of hydrogen-bond acceptors (Lipinski definition) is 5. The Morgan fingerprint density at radius 2 is 1.93 bits per heavy atom. The van der Waals surface area contributed by atoms with Gasteiger partial charge in [0.1, 0.15) is 17.5 Å². The van der Waals surface area contributed by atoms with Crippen LogP contribution < -0.4 is 10.5 Å². The van der Waals surface area contributed by atoms with Crippen LogP contribution in [-0.2, 0) is 13.6 Å². The highest BCUT2D eigenvalue weighted by Gasteiger charge is 2.24. The molecule has 0 spiro atoms. The number of halogens is 2. The van der Waals surface area contributed by atoms with Crippen LogP contribution in [0.1, 0.15) is 30.7 Å². The molecule has 4 rings (SSSR count). The Kier molecular flexibility index (Phi) is 4.82. The lowest BCUT2D eigenvalue weighted by molar-refractivity contribution is 0.145. The summed E-state index contributed by atoms with van der Waals surface area (Å²) in [5.41, 5.74) is 2.20. The zero-order valence-electron chi connectivity index (χ0n) is 15.8. The highest BCUT2D eigenvalue weighted by molar-refractivity contribution is 5.87. The van der Waals surface area contributed by atoms with Crippen molar-refractivity contribution in [2.45, 2.75) is 32.7 Å². The highest BCUT2D eigenvalue weighted by atomic mass is 19.3. The van der Waals surface area contributed by atoms with Crippen molar-refractivity contribution in [2.75, 3.05) is 18.0 Å². The molecule has 0 aromatic carbocycles. The molecule has 0 atom stereocenters. The van der Waals surface area contributed by atoms with E-state index < -0.39 is 17.7 Å². The zero-order chi connectivity index (χ0) is 19.8. The van der Waals surface area contributed by atoms with Gasteiger partial charge in [-0.1, -0.05) is 0 Å². The van der Waals surface area contributed by atoms with E-state index in [9.17, 15) is 13.6 Å².